The second-order valence-electron chi connectivity index (χ2n) is 8.03. The number of hydrogen-bond donors (Lipinski definition) is 4. The van der Waals surface area contributed by atoms with Crippen molar-refractivity contribution in [1.82, 2.24) is 21.3 Å². The van der Waals surface area contributed by atoms with E-state index in [1.807, 2.05) is 34.6 Å². The summed E-state index contributed by atoms with van der Waals surface area (Å²) in [5, 5.41) is 11.4. The van der Waals surface area contributed by atoms with Crippen molar-refractivity contribution >= 4 is 18.2 Å². The second kappa shape index (κ2) is 9.61. The zero-order valence-electron chi connectivity index (χ0n) is 16.1. The maximum Gasteiger partial charge on any atom is 0.245 e. The van der Waals surface area contributed by atoms with Gasteiger partial charge >= 0.3 is 0 Å². The Balaban J connectivity index is 4.82. The van der Waals surface area contributed by atoms with Gasteiger partial charge in [-0.25, -0.2) is 0 Å². The molecule has 24 heavy (non-hydrogen) atoms. The molecular weight excluding hydrogens is 308 g/mol. The fourth-order valence-electron chi connectivity index (χ4n) is 2.08. The highest BCUT2D eigenvalue weighted by Crippen LogP contribution is 2.10. The molecule has 0 radical (unpaired) electrons. The van der Waals surface area contributed by atoms with Crippen LogP contribution in [0.5, 0.6) is 0 Å². The van der Waals surface area contributed by atoms with Gasteiger partial charge in [0.25, 0.3) is 0 Å². The molecular formula is C17H34N4O3. The van der Waals surface area contributed by atoms with E-state index >= 15 is 0 Å². The molecule has 0 aromatic rings. The van der Waals surface area contributed by atoms with E-state index in [1.165, 1.54) is 0 Å². The SMILES string of the molecule is CC(C)CC(NCCNC=O)C(=O)NC(C)(C)C(=O)NC(C)(C)C. The highest BCUT2D eigenvalue weighted by molar-refractivity contribution is 5.92. The van der Waals surface area contributed by atoms with E-state index in [1.54, 1.807) is 13.8 Å². The highest BCUT2D eigenvalue weighted by atomic mass is 16.2. The lowest BCUT2D eigenvalue weighted by molar-refractivity contribution is -0.134. The molecule has 1 unspecified atom stereocenters. The Morgan fingerprint density at radius 3 is 2.04 bits per heavy atom. The van der Waals surface area contributed by atoms with Crippen LogP contribution < -0.4 is 21.3 Å². The van der Waals surface area contributed by atoms with Crippen LogP contribution in [-0.4, -0.2) is 48.4 Å². The molecule has 1 atom stereocenters. The van der Waals surface area contributed by atoms with E-state index in [9.17, 15) is 14.4 Å². The third-order valence-electron chi connectivity index (χ3n) is 3.26. The Kier molecular flexibility index (Phi) is 8.96. The summed E-state index contributed by atoms with van der Waals surface area (Å²) in [6.45, 7) is 14.0. The van der Waals surface area contributed by atoms with Crippen molar-refractivity contribution in [3.05, 3.63) is 0 Å². The van der Waals surface area contributed by atoms with Crippen LogP contribution in [0.25, 0.3) is 0 Å². The third kappa shape index (κ3) is 9.50. The summed E-state index contributed by atoms with van der Waals surface area (Å²) in [4.78, 5) is 35.2. The van der Waals surface area contributed by atoms with Gasteiger partial charge in [-0.05, 0) is 47.0 Å². The molecule has 0 saturated carbocycles. The van der Waals surface area contributed by atoms with E-state index < -0.39 is 11.6 Å². The Bertz CT molecular complexity index is 428. The molecule has 0 rings (SSSR count). The van der Waals surface area contributed by atoms with Gasteiger partial charge in [0, 0.05) is 18.6 Å². The lowest BCUT2D eigenvalue weighted by Gasteiger charge is -2.32. The van der Waals surface area contributed by atoms with Crippen LogP contribution >= 0.6 is 0 Å². The minimum Gasteiger partial charge on any atom is -0.357 e. The van der Waals surface area contributed by atoms with E-state index in [2.05, 4.69) is 21.3 Å². The molecule has 0 aliphatic heterocycles. The topological polar surface area (TPSA) is 99.3 Å². The van der Waals surface area contributed by atoms with E-state index in [0.717, 1.165) is 0 Å². The average Bonchev–Trinajstić information content (AvgIpc) is 2.39. The predicted octanol–water partition coefficient (Wildman–Crippen LogP) is 0.546. The lowest BCUT2D eigenvalue weighted by atomic mass is 9.98. The zero-order valence-corrected chi connectivity index (χ0v) is 16.1. The first-order chi connectivity index (χ1) is 10.9. The van der Waals surface area contributed by atoms with Crippen molar-refractivity contribution < 1.29 is 14.4 Å². The summed E-state index contributed by atoms with van der Waals surface area (Å²) in [7, 11) is 0. The van der Waals surface area contributed by atoms with Gasteiger partial charge in [-0.3, -0.25) is 14.4 Å². The normalized spacial score (nSPS) is 13.3. The molecule has 0 aliphatic carbocycles. The number of carbonyl (C=O) groups is 3. The fourth-order valence-corrected chi connectivity index (χ4v) is 2.08. The molecule has 4 N–H and O–H groups in total. The lowest BCUT2D eigenvalue weighted by Crippen LogP contribution is -2.61. The summed E-state index contributed by atoms with van der Waals surface area (Å²) in [5.41, 5.74) is -1.38. The van der Waals surface area contributed by atoms with E-state index in [-0.39, 0.29) is 17.4 Å². The van der Waals surface area contributed by atoms with Gasteiger partial charge in [0.15, 0.2) is 0 Å². The van der Waals surface area contributed by atoms with Crippen LogP contribution in [0.1, 0.15) is 54.9 Å². The maximum absolute atomic E-state index is 12.6. The third-order valence-corrected chi connectivity index (χ3v) is 3.26. The molecule has 3 amide bonds. The Labute approximate surface area is 145 Å². The van der Waals surface area contributed by atoms with Crippen LogP contribution in [-0.2, 0) is 14.4 Å². The molecule has 0 aliphatic rings. The molecule has 140 valence electrons. The van der Waals surface area contributed by atoms with Crippen molar-refractivity contribution in [3.63, 3.8) is 0 Å². The number of carbonyl (C=O) groups excluding carboxylic acids is 3. The predicted molar refractivity (Wildman–Crippen MR) is 95.4 cm³/mol. The standard InChI is InChI=1S/C17H34N4O3/c1-12(2)10-13(19-9-8-18-11-22)14(23)20-17(6,7)15(24)21-16(3,4)5/h11-13,19H,8-10H2,1-7H3,(H,18,22)(H,20,23)(H,21,24). The van der Waals surface area contributed by atoms with Gasteiger partial charge in [0.2, 0.25) is 18.2 Å². The molecule has 0 heterocycles. The van der Waals surface area contributed by atoms with Crippen molar-refractivity contribution in [2.24, 2.45) is 5.92 Å². The van der Waals surface area contributed by atoms with Gasteiger partial charge in [0.1, 0.15) is 5.54 Å². The van der Waals surface area contributed by atoms with Crippen molar-refractivity contribution in [2.45, 2.75) is 72.0 Å². The first kappa shape index (κ1) is 22.4. The van der Waals surface area contributed by atoms with Crippen LogP contribution in [0.2, 0.25) is 0 Å². The maximum atomic E-state index is 12.6. The van der Waals surface area contributed by atoms with E-state index in [0.29, 0.717) is 31.8 Å². The van der Waals surface area contributed by atoms with Crippen LogP contribution in [0.15, 0.2) is 0 Å². The molecule has 0 aromatic carbocycles. The van der Waals surface area contributed by atoms with Crippen LogP contribution in [0, 0.1) is 5.92 Å². The summed E-state index contributed by atoms with van der Waals surface area (Å²) in [6.07, 6.45) is 1.27. The summed E-state index contributed by atoms with van der Waals surface area (Å²) >= 11 is 0. The largest absolute Gasteiger partial charge is 0.357 e. The molecule has 7 nitrogen and oxygen atoms in total. The second-order valence-corrected chi connectivity index (χ2v) is 8.03. The number of rotatable bonds is 10. The van der Waals surface area contributed by atoms with Crippen LogP contribution in [0.4, 0.5) is 0 Å². The van der Waals surface area contributed by atoms with Gasteiger partial charge in [0.05, 0.1) is 6.04 Å². The van der Waals surface area contributed by atoms with Crippen molar-refractivity contribution in [3.8, 4) is 0 Å². The molecule has 0 aromatic heterocycles. The van der Waals surface area contributed by atoms with Gasteiger partial charge in [-0.15, -0.1) is 0 Å². The van der Waals surface area contributed by atoms with E-state index in [4.69, 9.17) is 0 Å². The monoisotopic (exact) mass is 342 g/mol. The van der Waals surface area contributed by atoms with Gasteiger partial charge in [-0.1, -0.05) is 13.8 Å². The van der Waals surface area contributed by atoms with Gasteiger partial charge in [-0.2, -0.15) is 0 Å². The Morgan fingerprint density at radius 1 is 1.00 bits per heavy atom. The highest BCUT2D eigenvalue weighted by Gasteiger charge is 2.33. The summed E-state index contributed by atoms with van der Waals surface area (Å²) < 4.78 is 0. The van der Waals surface area contributed by atoms with Crippen molar-refractivity contribution in [1.29, 1.82) is 0 Å². The number of nitrogens with one attached hydrogen (secondary N) is 4. The number of amides is 3. The van der Waals surface area contributed by atoms with Crippen LogP contribution in [0.3, 0.4) is 0 Å². The molecule has 0 bridgehead atoms. The summed E-state index contributed by atoms with van der Waals surface area (Å²) in [6, 6.07) is -0.417. The smallest absolute Gasteiger partial charge is 0.245 e. The summed E-state index contributed by atoms with van der Waals surface area (Å²) in [5.74, 6) is -0.128. The minimum atomic E-state index is -1.01. The fraction of sp³-hybridized carbons (Fsp3) is 0.824. The van der Waals surface area contributed by atoms with Gasteiger partial charge < -0.3 is 21.3 Å². The molecule has 0 spiro atoms. The molecule has 0 saturated heterocycles. The average molecular weight is 342 g/mol. The number of hydrogen-bond acceptors (Lipinski definition) is 4. The minimum absolute atomic E-state index is 0.219. The Morgan fingerprint density at radius 2 is 1.58 bits per heavy atom. The first-order valence-electron chi connectivity index (χ1n) is 8.44. The van der Waals surface area contributed by atoms with Crippen molar-refractivity contribution in [2.75, 3.05) is 13.1 Å². The Hall–Kier alpha value is -1.63. The zero-order chi connectivity index (χ0) is 19.0. The molecule has 0 fully saturated rings. The first-order valence-corrected chi connectivity index (χ1v) is 8.44. The quantitative estimate of drug-likeness (QED) is 0.344. The molecule has 7 heteroatoms.